The van der Waals surface area contributed by atoms with Crippen molar-refractivity contribution in [1.82, 2.24) is 0 Å². The van der Waals surface area contributed by atoms with Gasteiger partial charge >= 0.3 is 0 Å². The van der Waals surface area contributed by atoms with Gasteiger partial charge in [-0.1, -0.05) is 36.5 Å². The molecule has 0 heteroatoms. The molecule has 0 heterocycles. The Morgan fingerprint density at radius 3 is 1.75 bits per heavy atom. The molecule has 0 N–H and O–H groups in total. The largest absolute Gasteiger partial charge is 0.0848 e. The van der Waals surface area contributed by atoms with Gasteiger partial charge in [-0.25, -0.2) is 0 Å². The van der Waals surface area contributed by atoms with Crippen LogP contribution in [0.2, 0.25) is 0 Å². The molecule has 0 aliphatic heterocycles. The van der Waals surface area contributed by atoms with Gasteiger partial charge in [0.25, 0.3) is 0 Å². The third-order valence-corrected chi connectivity index (χ3v) is 6.33. The minimum Gasteiger partial charge on any atom is -0.0848 e. The number of hydrogen-bond acceptors (Lipinski definition) is 0. The topological polar surface area (TPSA) is 0 Å². The SMILES string of the molecule is C1=C[C@@H]2[C@H](C=C1)[C@@H]1C[C@H]2C2C1[C@H]1C=C[C@@H]2C1. The second-order valence-corrected chi connectivity index (χ2v) is 6.59. The lowest BCUT2D eigenvalue weighted by molar-refractivity contribution is 0.135. The minimum absolute atomic E-state index is 0.906. The van der Waals surface area contributed by atoms with Crippen LogP contribution in [0.5, 0.6) is 0 Å². The van der Waals surface area contributed by atoms with Gasteiger partial charge in [-0.2, -0.15) is 0 Å². The normalized spacial score (nSPS) is 63.0. The molecular weight excluding hydrogens is 192 g/mol. The first kappa shape index (κ1) is 8.33. The first-order chi connectivity index (χ1) is 7.93. The summed E-state index contributed by atoms with van der Waals surface area (Å²) in [5, 5.41) is 0. The molecule has 3 saturated carbocycles. The summed E-state index contributed by atoms with van der Waals surface area (Å²) < 4.78 is 0. The molecule has 4 bridgehead atoms. The average Bonchev–Trinajstić information content (AvgIpc) is 3.07. The summed E-state index contributed by atoms with van der Waals surface area (Å²) in [6.45, 7) is 0. The van der Waals surface area contributed by atoms with Gasteiger partial charge in [0.05, 0.1) is 0 Å². The first-order valence-electron chi connectivity index (χ1n) is 6.97. The summed E-state index contributed by atoms with van der Waals surface area (Å²) in [6.07, 6.45) is 17.7. The van der Waals surface area contributed by atoms with Crippen LogP contribution in [0.15, 0.2) is 36.5 Å². The molecule has 2 unspecified atom stereocenters. The molecule has 0 aromatic heterocycles. The van der Waals surface area contributed by atoms with E-state index in [0.717, 1.165) is 47.3 Å². The van der Waals surface area contributed by atoms with Crippen LogP contribution in [0.3, 0.4) is 0 Å². The van der Waals surface area contributed by atoms with E-state index in [9.17, 15) is 0 Å². The van der Waals surface area contributed by atoms with Crippen LogP contribution in [0, 0.1) is 47.3 Å². The fourth-order valence-corrected chi connectivity index (χ4v) is 6.06. The Bertz CT molecular complexity index is 389. The van der Waals surface area contributed by atoms with Crippen molar-refractivity contribution in [3.05, 3.63) is 36.5 Å². The van der Waals surface area contributed by atoms with Gasteiger partial charge in [0, 0.05) is 0 Å². The molecule has 16 heavy (non-hydrogen) atoms. The Kier molecular flexibility index (Phi) is 1.33. The van der Waals surface area contributed by atoms with Crippen LogP contribution >= 0.6 is 0 Å². The zero-order valence-corrected chi connectivity index (χ0v) is 9.50. The molecule has 8 atom stereocenters. The molecule has 3 fully saturated rings. The summed E-state index contributed by atoms with van der Waals surface area (Å²) in [4.78, 5) is 0. The molecule has 0 radical (unpaired) electrons. The standard InChI is InChI=1S/C16H18/c1-2-4-12-11(3-1)13-8-14(12)16-10-6-5-9(7-10)15(13)16/h1-6,9-16H,7-8H2/t9-,10+,11-,12+,13-,14+,15?,16?. The Hall–Kier alpha value is -0.780. The maximum absolute atomic E-state index is 2.55. The van der Waals surface area contributed by atoms with Crippen molar-refractivity contribution in [2.75, 3.05) is 0 Å². The smallest absolute Gasteiger partial charge is 0.0133 e. The molecule has 0 amide bonds. The fourth-order valence-electron chi connectivity index (χ4n) is 6.06. The maximum atomic E-state index is 2.55. The van der Waals surface area contributed by atoms with Crippen LogP contribution in [-0.2, 0) is 0 Å². The second kappa shape index (κ2) is 2.55. The highest BCUT2D eigenvalue weighted by Crippen LogP contribution is 2.69. The third kappa shape index (κ3) is 0.752. The molecule has 5 aliphatic carbocycles. The summed E-state index contributed by atoms with van der Waals surface area (Å²) in [5.74, 6) is 7.93. The van der Waals surface area contributed by atoms with Crippen molar-refractivity contribution in [1.29, 1.82) is 0 Å². The van der Waals surface area contributed by atoms with Gasteiger partial charge in [0.15, 0.2) is 0 Å². The van der Waals surface area contributed by atoms with E-state index in [1.807, 2.05) is 0 Å². The zero-order chi connectivity index (χ0) is 10.3. The molecule has 5 rings (SSSR count). The zero-order valence-electron chi connectivity index (χ0n) is 9.50. The van der Waals surface area contributed by atoms with Crippen molar-refractivity contribution in [3.8, 4) is 0 Å². The lowest BCUT2D eigenvalue weighted by Crippen LogP contribution is -2.36. The van der Waals surface area contributed by atoms with Gasteiger partial charge in [0.2, 0.25) is 0 Å². The predicted octanol–water partition coefficient (Wildman–Crippen LogP) is 3.43. The summed E-state index contributed by atoms with van der Waals surface area (Å²) in [7, 11) is 0. The van der Waals surface area contributed by atoms with Crippen molar-refractivity contribution < 1.29 is 0 Å². The van der Waals surface area contributed by atoms with E-state index in [2.05, 4.69) is 36.5 Å². The van der Waals surface area contributed by atoms with Gasteiger partial charge in [-0.15, -0.1) is 0 Å². The van der Waals surface area contributed by atoms with Crippen molar-refractivity contribution >= 4 is 0 Å². The van der Waals surface area contributed by atoms with Crippen LogP contribution in [0.1, 0.15) is 12.8 Å². The second-order valence-electron chi connectivity index (χ2n) is 6.59. The number of allylic oxidation sites excluding steroid dienone is 6. The average molecular weight is 210 g/mol. The Balaban J connectivity index is 1.62. The molecule has 5 aliphatic rings. The Labute approximate surface area is 97.1 Å². The third-order valence-electron chi connectivity index (χ3n) is 6.33. The minimum atomic E-state index is 0.906. The maximum Gasteiger partial charge on any atom is -0.0133 e. The van der Waals surface area contributed by atoms with E-state index in [4.69, 9.17) is 0 Å². The monoisotopic (exact) mass is 210 g/mol. The lowest BCUT2D eigenvalue weighted by Gasteiger charge is -2.40. The molecule has 82 valence electrons. The van der Waals surface area contributed by atoms with Crippen LogP contribution < -0.4 is 0 Å². The highest BCUT2D eigenvalue weighted by Gasteiger charge is 2.63. The highest BCUT2D eigenvalue weighted by molar-refractivity contribution is 5.28. The number of fused-ring (bicyclic) bond motifs is 12. The quantitative estimate of drug-likeness (QED) is 0.424. The van der Waals surface area contributed by atoms with E-state index in [1.165, 1.54) is 12.8 Å². The fraction of sp³-hybridized carbons (Fsp3) is 0.625. The van der Waals surface area contributed by atoms with Crippen LogP contribution in [0.25, 0.3) is 0 Å². The van der Waals surface area contributed by atoms with Gasteiger partial charge in [0.1, 0.15) is 0 Å². The van der Waals surface area contributed by atoms with E-state index in [0.29, 0.717) is 0 Å². The van der Waals surface area contributed by atoms with Gasteiger partial charge in [-0.05, 0) is 60.2 Å². The van der Waals surface area contributed by atoms with Gasteiger partial charge in [-0.3, -0.25) is 0 Å². The van der Waals surface area contributed by atoms with E-state index < -0.39 is 0 Å². The molecule has 0 aromatic carbocycles. The highest BCUT2D eigenvalue weighted by atomic mass is 14.7. The molecule has 0 aromatic rings. The van der Waals surface area contributed by atoms with Crippen LogP contribution in [-0.4, -0.2) is 0 Å². The van der Waals surface area contributed by atoms with Crippen molar-refractivity contribution in [2.45, 2.75) is 12.8 Å². The summed E-state index contributed by atoms with van der Waals surface area (Å²) in [5.41, 5.74) is 0. The number of rotatable bonds is 0. The predicted molar refractivity (Wildman–Crippen MR) is 64.6 cm³/mol. The Morgan fingerprint density at radius 2 is 1.19 bits per heavy atom. The lowest BCUT2D eigenvalue weighted by atomic mass is 9.64. The van der Waals surface area contributed by atoms with Gasteiger partial charge < -0.3 is 0 Å². The Morgan fingerprint density at radius 1 is 0.625 bits per heavy atom. The molecule has 0 saturated heterocycles. The van der Waals surface area contributed by atoms with E-state index >= 15 is 0 Å². The van der Waals surface area contributed by atoms with Crippen molar-refractivity contribution in [3.63, 3.8) is 0 Å². The molecule has 0 nitrogen and oxygen atoms in total. The summed E-state index contributed by atoms with van der Waals surface area (Å²) in [6, 6.07) is 0. The summed E-state index contributed by atoms with van der Waals surface area (Å²) >= 11 is 0. The molecule has 0 spiro atoms. The van der Waals surface area contributed by atoms with E-state index in [1.54, 1.807) is 0 Å². The van der Waals surface area contributed by atoms with Crippen molar-refractivity contribution in [2.24, 2.45) is 47.3 Å². The van der Waals surface area contributed by atoms with E-state index in [-0.39, 0.29) is 0 Å². The first-order valence-corrected chi connectivity index (χ1v) is 6.97. The van der Waals surface area contributed by atoms with Crippen LogP contribution in [0.4, 0.5) is 0 Å². The molecular formula is C16H18. The number of hydrogen-bond donors (Lipinski definition) is 0.